The smallest absolute Gasteiger partial charge is 0.338 e. The van der Waals surface area contributed by atoms with Gasteiger partial charge in [-0.3, -0.25) is 10.1 Å². The third-order valence-electron chi connectivity index (χ3n) is 4.02. The van der Waals surface area contributed by atoms with Gasteiger partial charge in [0.2, 0.25) is 5.91 Å². The molecule has 1 aromatic rings. The summed E-state index contributed by atoms with van der Waals surface area (Å²) in [5.74, 6) is -0.329. The van der Waals surface area contributed by atoms with Crippen LogP contribution in [-0.4, -0.2) is 24.5 Å². The Kier molecular flexibility index (Phi) is 3.81. The number of hydrogen-bond donors (Lipinski definition) is 2. The zero-order chi connectivity index (χ0) is 14.9. The van der Waals surface area contributed by atoms with Crippen molar-refractivity contribution in [3.63, 3.8) is 0 Å². The summed E-state index contributed by atoms with van der Waals surface area (Å²) in [5.41, 5.74) is 0.534. The van der Waals surface area contributed by atoms with Crippen molar-refractivity contribution in [1.29, 1.82) is 0 Å². The Morgan fingerprint density at radius 1 is 1.35 bits per heavy atom. The minimum absolute atomic E-state index is 0.0582. The third kappa shape index (κ3) is 2.29. The predicted octanol–water partition coefficient (Wildman–Crippen LogP) is 1.61. The van der Waals surface area contributed by atoms with Gasteiger partial charge in [0.15, 0.2) is 0 Å². The number of nitrogens with one attached hydrogen (secondary N) is 2. The Hall–Kier alpha value is -1.88. The Bertz CT molecular complexity index is 542. The molecule has 5 heteroatoms. The van der Waals surface area contributed by atoms with Crippen LogP contribution in [0.5, 0.6) is 0 Å². The Morgan fingerprint density at radius 2 is 2.00 bits per heavy atom. The number of carbonyl (C=O) groups is 2. The van der Waals surface area contributed by atoms with E-state index in [-0.39, 0.29) is 18.0 Å². The van der Waals surface area contributed by atoms with E-state index in [0.29, 0.717) is 5.56 Å². The van der Waals surface area contributed by atoms with Crippen LogP contribution in [0.4, 0.5) is 0 Å². The number of benzene rings is 1. The predicted molar refractivity (Wildman–Crippen MR) is 75.0 cm³/mol. The van der Waals surface area contributed by atoms with Crippen LogP contribution in [0.3, 0.4) is 0 Å². The van der Waals surface area contributed by atoms with Crippen molar-refractivity contribution in [2.24, 2.45) is 5.92 Å². The highest BCUT2D eigenvalue weighted by molar-refractivity contribution is 5.93. The molecule has 1 amide bonds. The van der Waals surface area contributed by atoms with Crippen molar-refractivity contribution in [2.75, 3.05) is 7.11 Å². The van der Waals surface area contributed by atoms with Crippen LogP contribution in [0.1, 0.15) is 42.9 Å². The molecule has 2 atom stereocenters. The average molecular weight is 276 g/mol. The number of carbonyl (C=O) groups excluding carboxylic acids is 2. The topological polar surface area (TPSA) is 67.4 Å². The molecule has 0 aliphatic carbocycles. The van der Waals surface area contributed by atoms with Gasteiger partial charge in [0.25, 0.3) is 0 Å². The van der Waals surface area contributed by atoms with E-state index in [0.717, 1.165) is 5.56 Å². The monoisotopic (exact) mass is 276 g/mol. The average Bonchev–Trinajstić information content (AvgIpc) is 2.75. The standard InChI is InChI=1S/C15H20N2O3/c1-9(2)15(3)14(19)16-12(17-15)10-7-5-6-8-11(10)13(18)20-4/h5-9,12,17H,1-4H3,(H,16,19)/t12-,15-/m1/s1. The van der Waals surface area contributed by atoms with Crippen LogP contribution >= 0.6 is 0 Å². The maximum Gasteiger partial charge on any atom is 0.338 e. The van der Waals surface area contributed by atoms with Gasteiger partial charge in [-0.1, -0.05) is 32.0 Å². The summed E-state index contributed by atoms with van der Waals surface area (Å²) in [6.07, 6.45) is -0.384. The maximum atomic E-state index is 12.2. The van der Waals surface area contributed by atoms with Crippen LogP contribution in [0.15, 0.2) is 24.3 Å². The fraction of sp³-hybridized carbons (Fsp3) is 0.467. The largest absolute Gasteiger partial charge is 0.465 e. The Balaban J connectivity index is 2.36. The first-order chi connectivity index (χ1) is 9.40. The molecule has 1 aliphatic rings. The number of hydrogen-bond acceptors (Lipinski definition) is 4. The molecular formula is C15H20N2O3. The first-order valence-electron chi connectivity index (χ1n) is 6.66. The second kappa shape index (κ2) is 5.25. The lowest BCUT2D eigenvalue weighted by molar-refractivity contribution is -0.125. The second-order valence-electron chi connectivity index (χ2n) is 5.49. The second-order valence-corrected chi connectivity index (χ2v) is 5.49. The van der Waals surface area contributed by atoms with Gasteiger partial charge < -0.3 is 10.1 Å². The zero-order valence-electron chi connectivity index (χ0n) is 12.2. The van der Waals surface area contributed by atoms with Gasteiger partial charge in [0.1, 0.15) is 6.17 Å². The highest BCUT2D eigenvalue weighted by Crippen LogP contribution is 2.29. The summed E-state index contributed by atoms with van der Waals surface area (Å²) in [4.78, 5) is 24.0. The van der Waals surface area contributed by atoms with Crippen molar-refractivity contribution in [3.05, 3.63) is 35.4 Å². The van der Waals surface area contributed by atoms with Crippen molar-refractivity contribution in [2.45, 2.75) is 32.5 Å². The van der Waals surface area contributed by atoms with Gasteiger partial charge in [0.05, 0.1) is 18.2 Å². The molecule has 2 rings (SSSR count). The molecule has 1 aromatic carbocycles. The number of amides is 1. The first kappa shape index (κ1) is 14.5. The van der Waals surface area contributed by atoms with Gasteiger partial charge in [-0.25, -0.2) is 4.79 Å². The number of esters is 1. The minimum atomic E-state index is -0.645. The van der Waals surface area contributed by atoms with Crippen LogP contribution in [0.2, 0.25) is 0 Å². The maximum absolute atomic E-state index is 12.2. The van der Waals surface area contributed by atoms with E-state index >= 15 is 0 Å². The quantitative estimate of drug-likeness (QED) is 0.823. The van der Waals surface area contributed by atoms with Crippen LogP contribution in [0.25, 0.3) is 0 Å². The summed E-state index contributed by atoms with van der Waals surface area (Å²) in [6, 6.07) is 7.12. The molecule has 108 valence electrons. The highest BCUT2D eigenvalue weighted by atomic mass is 16.5. The molecular weight excluding hydrogens is 256 g/mol. The molecule has 0 aromatic heterocycles. The minimum Gasteiger partial charge on any atom is -0.465 e. The molecule has 1 saturated heterocycles. The fourth-order valence-corrected chi connectivity index (χ4v) is 2.31. The molecule has 0 radical (unpaired) electrons. The van der Waals surface area contributed by atoms with E-state index in [1.54, 1.807) is 12.1 Å². The first-order valence-corrected chi connectivity index (χ1v) is 6.66. The number of ether oxygens (including phenoxy) is 1. The molecule has 5 nitrogen and oxygen atoms in total. The third-order valence-corrected chi connectivity index (χ3v) is 4.02. The highest BCUT2D eigenvalue weighted by Gasteiger charge is 2.45. The van der Waals surface area contributed by atoms with E-state index in [4.69, 9.17) is 4.74 Å². The summed E-state index contributed by atoms with van der Waals surface area (Å²) < 4.78 is 4.78. The SMILES string of the molecule is COC(=O)c1ccccc1[C@@H]1NC(=O)[C@@](C)(C(C)C)N1. The number of methoxy groups -OCH3 is 1. The lowest BCUT2D eigenvalue weighted by Crippen LogP contribution is -2.48. The molecule has 20 heavy (non-hydrogen) atoms. The summed E-state index contributed by atoms with van der Waals surface area (Å²) in [5, 5.41) is 6.19. The lowest BCUT2D eigenvalue weighted by atomic mass is 9.89. The molecule has 1 aliphatic heterocycles. The van der Waals surface area contributed by atoms with Crippen molar-refractivity contribution in [3.8, 4) is 0 Å². The molecule has 2 N–H and O–H groups in total. The van der Waals surface area contributed by atoms with Crippen LogP contribution < -0.4 is 10.6 Å². The van der Waals surface area contributed by atoms with Gasteiger partial charge in [0, 0.05) is 5.56 Å². The van der Waals surface area contributed by atoms with E-state index in [1.165, 1.54) is 7.11 Å². The molecule has 0 spiro atoms. The van der Waals surface area contributed by atoms with Gasteiger partial charge in [-0.15, -0.1) is 0 Å². The van der Waals surface area contributed by atoms with E-state index in [9.17, 15) is 9.59 Å². The van der Waals surface area contributed by atoms with Crippen molar-refractivity contribution >= 4 is 11.9 Å². The van der Waals surface area contributed by atoms with Crippen LogP contribution in [-0.2, 0) is 9.53 Å². The molecule has 0 unspecified atom stereocenters. The van der Waals surface area contributed by atoms with Gasteiger partial charge >= 0.3 is 5.97 Å². The molecule has 0 bridgehead atoms. The van der Waals surface area contributed by atoms with E-state index < -0.39 is 11.5 Å². The fourth-order valence-electron chi connectivity index (χ4n) is 2.31. The molecule has 0 saturated carbocycles. The van der Waals surface area contributed by atoms with Crippen molar-refractivity contribution < 1.29 is 14.3 Å². The summed E-state index contributed by atoms with van der Waals surface area (Å²) in [6.45, 7) is 5.84. The number of rotatable bonds is 3. The lowest BCUT2D eigenvalue weighted by Gasteiger charge is -2.26. The molecule has 1 fully saturated rings. The summed E-state index contributed by atoms with van der Waals surface area (Å²) in [7, 11) is 1.35. The Labute approximate surface area is 118 Å². The Morgan fingerprint density at radius 3 is 2.55 bits per heavy atom. The van der Waals surface area contributed by atoms with E-state index in [2.05, 4.69) is 10.6 Å². The zero-order valence-corrected chi connectivity index (χ0v) is 12.2. The van der Waals surface area contributed by atoms with Crippen LogP contribution in [0, 0.1) is 5.92 Å². The molecule has 1 heterocycles. The van der Waals surface area contributed by atoms with Gasteiger partial charge in [-0.2, -0.15) is 0 Å². The normalized spacial score (nSPS) is 25.6. The van der Waals surface area contributed by atoms with Gasteiger partial charge in [-0.05, 0) is 18.9 Å². The van der Waals surface area contributed by atoms with Crippen molar-refractivity contribution in [1.82, 2.24) is 10.6 Å². The van der Waals surface area contributed by atoms with E-state index in [1.807, 2.05) is 32.9 Å². The summed E-state index contributed by atoms with van der Waals surface area (Å²) >= 11 is 0.